The number of hydrogen-bond acceptors (Lipinski definition) is 2. The van der Waals surface area contributed by atoms with Gasteiger partial charge in [-0.1, -0.05) is 26.0 Å². The Bertz CT molecular complexity index is 363. The molecule has 0 amide bonds. The van der Waals surface area contributed by atoms with Crippen molar-refractivity contribution in [2.24, 2.45) is 5.92 Å². The van der Waals surface area contributed by atoms with E-state index in [1.807, 2.05) is 13.8 Å². The molecule has 5 heteroatoms. The number of hydrogen-bond donors (Lipinski definition) is 2. The average Bonchev–Trinajstić information content (AvgIpc) is 2.24. The van der Waals surface area contributed by atoms with Crippen LogP contribution in [0.3, 0.4) is 0 Å². The summed E-state index contributed by atoms with van der Waals surface area (Å²) in [4.78, 5) is 0. The van der Waals surface area contributed by atoms with E-state index in [9.17, 15) is 18.3 Å². The minimum atomic E-state index is -4.38. The summed E-state index contributed by atoms with van der Waals surface area (Å²) in [6, 6.07) is 5.24. The second-order valence-corrected chi connectivity index (χ2v) is 4.24. The minimum absolute atomic E-state index is 0.000278. The lowest BCUT2D eigenvalue weighted by Crippen LogP contribution is -2.25. The highest BCUT2D eigenvalue weighted by Gasteiger charge is 2.33. The summed E-state index contributed by atoms with van der Waals surface area (Å²) in [5.41, 5.74) is -0.712. The van der Waals surface area contributed by atoms with Crippen molar-refractivity contribution in [3.05, 3.63) is 29.8 Å². The van der Waals surface area contributed by atoms with E-state index in [1.165, 1.54) is 18.2 Å². The van der Waals surface area contributed by atoms with E-state index in [2.05, 4.69) is 5.32 Å². The van der Waals surface area contributed by atoms with Crippen LogP contribution in [0.2, 0.25) is 0 Å². The zero-order valence-corrected chi connectivity index (χ0v) is 9.75. The highest BCUT2D eigenvalue weighted by Crippen LogP contribution is 2.34. The number of aliphatic hydroxyl groups is 1. The van der Waals surface area contributed by atoms with Crippen molar-refractivity contribution in [1.29, 1.82) is 0 Å². The molecule has 1 unspecified atom stereocenters. The molecule has 0 radical (unpaired) electrons. The molecule has 1 atom stereocenters. The molecule has 0 saturated heterocycles. The molecule has 0 bridgehead atoms. The third-order valence-corrected chi connectivity index (χ3v) is 2.50. The van der Waals surface area contributed by atoms with Gasteiger partial charge >= 0.3 is 6.18 Å². The summed E-state index contributed by atoms with van der Waals surface area (Å²) >= 11 is 0. The van der Waals surface area contributed by atoms with Crippen molar-refractivity contribution in [3.8, 4) is 0 Å². The number of benzene rings is 1. The lowest BCUT2D eigenvalue weighted by Gasteiger charge is -2.18. The Kier molecular flexibility index (Phi) is 4.40. The SMILES string of the molecule is CC(C)C(O)CNc1ccccc1C(F)(F)F. The first-order chi connectivity index (χ1) is 7.82. The lowest BCUT2D eigenvalue weighted by atomic mass is 10.1. The first-order valence-corrected chi connectivity index (χ1v) is 5.40. The van der Waals surface area contributed by atoms with E-state index in [4.69, 9.17) is 0 Å². The van der Waals surface area contributed by atoms with Gasteiger partial charge in [0.2, 0.25) is 0 Å². The smallest absolute Gasteiger partial charge is 0.391 e. The van der Waals surface area contributed by atoms with Crippen LogP contribution in [0.15, 0.2) is 24.3 Å². The molecule has 0 heterocycles. The van der Waals surface area contributed by atoms with Crippen LogP contribution in [0.1, 0.15) is 19.4 Å². The van der Waals surface area contributed by atoms with E-state index in [0.717, 1.165) is 6.07 Å². The van der Waals surface area contributed by atoms with Gasteiger partial charge in [-0.25, -0.2) is 0 Å². The van der Waals surface area contributed by atoms with Crippen LogP contribution in [0.5, 0.6) is 0 Å². The van der Waals surface area contributed by atoms with Gasteiger partial charge in [-0.3, -0.25) is 0 Å². The molecule has 0 aliphatic rings. The van der Waals surface area contributed by atoms with Gasteiger partial charge < -0.3 is 10.4 Å². The Hall–Kier alpha value is -1.23. The minimum Gasteiger partial charge on any atom is -0.391 e. The lowest BCUT2D eigenvalue weighted by molar-refractivity contribution is -0.137. The predicted molar refractivity (Wildman–Crippen MR) is 60.8 cm³/mol. The fraction of sp³-hybridized carbons (Fsp3) is 0.500. The maximum atomic E-state index is 12.6. The molecule has 0 aliphatic heterocycles. The van der Waals surface area contributed by atoms with Crippen LogP contribution in [-0.2, 0) is 6.18 Å². The van der Waals surface area contributed by atoms with Crippen LogP contribution in [0.25, 0.3) is 0 Å². The maximum Gasteiger partial charge on any atom is 0.418 e. The average molecular weight is 247 g/mol. The maximum absolute atomic E-state index is 12.6. The van der Waals surface area contributed by atoms with Crippen molar-refractivity contribution in [3.63, 3.8) is 0 Å². The molecule has 0 aliphatic carbocycles. The predicted octanol–water partition coefficient (Wildman–Crippen LogP) is 3.13. The van der Waals surface area contributed by atoms with E-state index in [0.29, 0.717) is 0 Å². The van der Waals surface area contributed by atoms with Gasteiger partial charge in [0.1, 0.15) is 0 Å². The Morgan fingerprint density at radius 3 is 2.35 bits per heavy atom. The Morgan fingerprint density at radius 2 is 1.82 bits per heavy atom. The van der Waals surface area contributed by atoms with Gasteiger partial charge in [0.05, 0.1) is 11.7 Å². The zero-order valence-electron chi connectivity index (χ0n) is 9.75. The summed E-state index contributed by atoms with van der Waals surface area (Å²) in [6.45, 7) is 3.72. The van der Waals surface area contributed by atoms with Crippen molar-refractivity contribution in [1.82, 2.24) is 0 Å². The number of para-hydroxylation sites is 1. The second-order valence-electron chi connectivity index (χ2n) is 4.24. The van der Waals surface area contributed by atoms with Crippen molar-refractivity contribution < 1.29 is 18.3 Å². The molecule has 0 saturated carbocycles. The second kappa shape index (κ2) is 5.40. The third kappa shape index (κ3) is 3.93. The van der Waals surface area contributed by atoms with Crippen LogP contribution >= 0.6 is 0 Å². The largest absolute Gasteiger partial charge is 0.418 e. The quantitative estimate of drug-likeness (QED) is 0.856. The zero-order chi connectivity index (χ0) is 13.1. The third-order valence-electron chi connectivity index (χ3n) is 2.50. The monoisotopic (exact) mass is 247 g/mol. The molecular formula is C12H16F3NO. The molecule has 1 aromatic carbocycles. The van der Waals surface area contributed by atoms with E-state index in [1.54, 1.807) is 0 Å². The summed E-state index contributed by atoms with van der Waals surface area (Å²) in [7, 11) is 0. The van der Waals surface area contributed by atoms with Crippen LogP contribution in [-0.4, -0.2) is 17.8 Å². The molecule has 0 aromatic heterocycles. The molecule has 1 rings (SSSR count). The fourth-order valence-corrected chi connectivity index (χ4v) is 1.33. The molecule has 2 nitrogen and oxygen atoms in total. The topological polar surface area (TPSA) is 32.3 Å². The number of anilines is 1. The van der Waals surface area contributed by atoms with Gasteiger partial charge in [0.15, 0.2) is 0 Å². The molecule has 2 N–H and O–H groups in total. The van der Waals surface area contributed by atoms with Gasteiger partial charge in [0, 0.05) is 12.2 Å². The summed E-state index contributed by atoms with van der Waals surface area (Å²) in [5.74, 6) is 0.000508. The summed E-state index contributed by atoms with van der Waals surface area (Å²) in [6.07, 6.45) is -5.05. The van der Waals surface area contributed by atoms with E-state index >= 15 is 0 Å². The number of aliphatic hydroxyl groups excluding tert-OH is 1. The van der Waals surface area contributed by atoms with Gasteiger partial charge in [-0.2, -0.15) is 13.2 Å². The molecule has 0 fully saturated rings. The Labute approximate surface area is 98.5 Å². The van der Waals surface area contributed by atoms with Gasteiger partial charge in [-0.05, 0) is 18.1 Å². The standard InChI is InChI=1S/C12H16F3NO/c1-8(2)11(17)7-16-10-6-4-3-5-9(10)12(13,14)15/h3-6,8,11,16-17H,7H2,1-2H3. The number of rotatable bonds is 4. The normalized spacial score (nSPS) is 13.8. The first kappa shape index (κ1) is 13.8. The van der Waals surface area contributed by atoms with Gasteiger partial charge in [0.25, 0.3) is 0 Å². The van der Waals surface area contributed by atoms with Crippen molar-refractivity contribution >= 4 is 5.69 Å². The summed E-state index contributed by atoms with van der Waals surface area (Å²) in [5, 5.41) is 12.2. The summed E-state index contributed by atoms with van der Waals surface area (Å²) < 4.78 is 37.9. The Balaban J connectivity index is 2.78. The molecule has 17 heavy (non-hydrogen) atoms. The van der Waals surface area contributed by atoms with Crippen molar-refractivity contribution in [2.45, 2.75) is 26.1 Å². The fourth-order valence-electron chi connectivity index (χ4n) is 1.33. The van der Waals surface area contributed by atoms with E-state index < -0.39 is 17.8 Å². The van der Waals surface area contributed by atoms with E-state index in [-0.39, 0.29) is 18.2 Å². The molecule has 1 aromatic rings. The van der Waals surface area contributed by atoms with Crippen LogP contribution in [0.4, 0.5) is 18.9 Å². The Morgan fingerprint density at radius 1 is 1.24 bits per heavy atom. The molecule has 0 spiro atoms. The highest BCUT2D eigenvalue weighted by atomic mass is 19.4. The number of alkyl halides is 3. The number of halogens is 3. The first-order valence-electron chi connectivity index (χ1n) is 5.40. The highest BCUT2D eigenvalue weighted by molar-refractivity contribution is 5.52. The molecular weight excluding hydrogens is 231 g/mol. The molecule has 96 valence electrons. The van der Waals surface area contributed by atoms with Gasteiger partial charge in [-0.15, -0.1) is 0 Å². The van der Waals surface area contributed by atoms with Crippen molar-refractivity contribution in [2.75, 3.05) is 11.9 Å². The van der Waals surface area contributed by atoms with Crippen LogP contribution in [0, 0.1) is 5.92 Å². The number of nitrogens with one attached hydrogen (secondary N) is 1. The van der Waals surface area contributed by atoms with Crippen LogP contribution < -0.4 is 5.32 Å².